The molecule has 0 saturated heterocycles. The van der Waals surface area contributed by atoms with Crippen molar-refractivity contribution in [3.05, 3.63) is 24.5 Å². The number of aromatic nitrogens is 1. The summed E-state index contributed by atoms with van der Waals surface area (Å²) >= 11 is 0. The molecule has 1 aliphatic carbocycles. The number of carbonyl (C=O) groups excluding carboxylic acids is 1. The number of pyridine rings is 1. The van der Waals surface area contributed by atoms with Crippen LogP contribution < -0.4 is 10.6 Å². The second-order valence-electron chi connectivity index (χ2n) is 5.47. The van der Waals surface area contributed by atoms with Crippen LogP contribution in [0.25, 0.3) is 0 Å². The minimum absolute atomic E-state index is 0.143. The number of hydrogen-bond donors (Lipinski definition) is 1. The summed E-state index contributed by atoms with van der Waals surface area (Å²) in [5.41, 5.74) is 6.42. The van der Waals surface area contributed by atoms with E-state index in [1.165, 1.54) is 12.8 Å². The summed E-state index contributed by atoms with van der Waals surface area (Å²) in [6, 6.07) is 3.76. The second-order valence-corrected chi connectivity index (χ2v) is 5.47. The lowest BCUT2D eigenvalue weighted by Crippen LogP contribution is -2.46. The van der Waals surface area contributed by atoms with Gasteiger partial charge in [0, 0.05) is 19.8 Å². The van der Waals surface area contributed by atoms with Crippen molar-refractivity contribution in [1.29, 1.82) is 0 Å². The zero-order valence-corrected chi connectivity index (χ0v) is 11.6. The average Bonchev–Trinajstić information content (AvgIpc) is 2.73. The van der Waals surface area contributed by atoms with Crippen LogP contribution in [0.3, 0.4) is 0 Å². The third-order valence-corrected chi connectivity index (χ3v) is 4.24. The molecule has 0 aromatic carbocycles. The van der Waals surface area contributed by atoms with Crippen molar-refractivity contribution in [2.45, 2.75) is 38.5 Å². The molecule has 1 amide bonds. The van der Waals surface area contributed by atoms with E-state index in [9.17, 15) is 4.79 Å². The van der Waals surface area contributed by atoms with Crippen molar-refractivity contribution in [2.75, 3.05) is 18.5 Å². The van der Waals surface area contributed by atoms with Crippen molar-refractivity contribution >= 4 is 11.6 Å². The fourth-order valence-electron chi connectivity index (χ4n) is 2.94. The maximum atomic E-state index is 12.8. The summed E-state index contributed by atoms with van der Waals surface area (Å²) in [5, 5.41) is 0. The van der Waals surface area contributed by atoms with Gasteiger partial charge >= 0.3 is 0 Å². The first-order valence-corrected chi connectivity index (χ1v) is 7.08. The van der Waals surface area contributed by atoms with Crippen molar-refractivity contribution in [1.82, 2.24) is 4.98 Å². The maximum Gasteiger partial charge on any atom is 0.234 e. The Morgan fingerprint density at radius 1 is 1.37 bits per heavy atom. The van der Waals surface area contributed by atoms with Gasteiger partial charge in [-0.15, -0.1) is 0 Å². The molecule has 1 saturated carbocycles. The SMILES string of the molecule is CN(C(=O)C1(CN)CCCCCC1)c1cccnc1. The highest BCUT2D eigenvalue weighted by Gasteiger charge is 2.39. The van der Waals surface area contributed by atoms with E-state index in [1.54, 1.807) is 17.3 Å². The lowest BCUT2D eigenvalue weighted by molar-refractivity contribution is -0.128. The Hall–Kier alpha value is -1.42. The Kier molecular flexibility index (Phi) is 4.53. The fourth-order valence-corrected chi connectivity index (χ4v) is 2.94. The number of rotatable bonds is 3. The highest BCUT2D eigenvalue weighted by molar-refractivity contribution is 5.97. The molecule has 104 valence electrons. The molecule has 0 radical (unpaired) electrons. The average molecular weight is 261 g/mol. The summed E-state index contributed by atoms with van der Waals surface area (Å²) < 4.78 is 0. The monoisotopic (exact) mass is 261 g/mol. The van der Waals surface area contributed by atoms with E-state index in [0.29, 0.717) is 6.54 Å². The first-order valence-electron chi connectivity index (χ1n) is 7.08. The number of anilines is 1. The van der Waals surface area contributed by atoms with Gasteiger partial charge in [-0.2, -0.15) is 0 Å². The number of nitrogens with two attached hydrogens (primary N) is 1. The van der Waals surface area contributed by atoms with Crippen LogP contribution in [-0.2, 0) is 4.79 Å². The van der Waals surface area contributed by atoms with Crippen LogP contribution in [0.2, 0.25) is 0 Å². The Morgan fingerprint density at radius 2 is 2.05 bits per heavy atom. The van der Waals surface area contributed by atoms with Gasteiger partial charge in [-0.05, 0) is 25.0 Å². The molecule has 1 aliphatic rings. The highest BCUT2D eigenvalue weighted by Crippen LogP contribution is 2.36. The van der Waals surface area contributed by atoms with Crippen LogP contribution in [0, 0.1) is 5.41 Å². The third-order valence-electron chi connectivity index (χ3n) is 4.24. The van der Waals surface area contributed by atoms with E-state index in [2.05, 4.69) is 4.98 Å². The maximum absolute atomic E-state index is 12.8. The fraction of sp³-hybridized carbons (Fsp3) is 0.600. The van der Waals surface area contributed by atoms with Crippen molar-refractivity contribution in [3.8, 4) is 0 Å². The summed E-state index contributed by atoms with van der Waals surface area (Å²) in [7, 11) is 1.82. The minimum atomic E-state index is -0.374. The number of hydrogen-bond acceptors (Lipinski definition) is 3. The third kappa shape index (κ3) is 2.95. The first-order chi connectivity index (χ1) is 9.19. The molecule has 1 heterocycles. The molecule has 2 N–H and O–H groups in total. The van der Waals surface area contributed by atoms with Crippen LogP contribution >= 0.6 is 0 Å². The molecule has 0 aliphatic heterocycles. The normalized spacial score (nSPS) is 18.6. The van der Waals surface area contributed by atoms with Gasteiger partial charge < -0.3 is 10.6 Å². The molecule has 4 heteroatoms. The van der Waals surface area contributed by atoms with Gasteiger partial charge in [0.15, 0.2) is 0 Å². The van der Waals surface area contributed by atoms with Gasteiger partial charge in [-0.3, -0.25) is 9.78 Å². The molecule has 0 unspecified atom stereocenters. The van der Waals surface area contributed by atoms with E-state index in [1.807, 2.05) is 19.2 Å². The molecule has 4 nitrogen and oxygen atoms in total. The summed E-state index contributed by atoms with van der Waals surface area (Å²) in [5.74, 6) is 0.143. The number of carbonyl (C=O) groups is 1. The molecule has 0 atom stereocenters. The van der Waals surface area contributed by atoms with Gasteiger partial charge in [0.05, 0.1) is 17.3 Å². The topological polar surface area (TPSA) is 59.2 Å². The van der Waals surface area contributed by atoms with Crippen molar-refractivity contribution < 1.29 is 4.79 Å². The van der Waals surface area contributed by atoms with Gasteiger partial charge in [0.1, 0.15) is 0 Å². The van der Waals surface area contributed by atoms with Gasteiger partial charge in [0.25, 0.3) is 0 Å². The van der Waals surface area contributed by atoms with E-state index < -0.39 is 0 Å². The molecule has 1 fully saturated rings. The quantitative estimate of drug-likeness (QED) is 0.850. The summed E-state index contributed by atoms with van der Waals surface area (Å²) in [6.07, 6.45) is 9.88. The first kappa shape index (κ1) is 14.0. The van der Waals surface area contributed by atoms with Crippen LogP contribution in [0.4, 0.5) is 5.69 Å². The van der Waals surface area contributed by atoms with Crippen molar-refractivity contribution in [3.63, 3.8) is 0 Å². The Bertz CT molecular complexity index is 411. The summed E-state index contributed by atoms with van der Waals surface area (Å²) in [4.78, 5) is 18.6. The van der Waals surface area contributed by atoms with Crippen LogP contribution in [0.1, 0.15) is 38.5 Å². The Balaban J connectivity index is 2.20. The smallest absolute Gasteiger partial charge is 0.234 e. The van der Waals surface area contributed by atoms with Crippen LogP contribution in [0.5, 0.6) is 0 Å². The van der Waals surface area contributed by atoms with Gasteiger partial charge in [-0.1, -0.05) is 25.7 Å². The minimum Gasteiger partial charge on any atom is -0.329 e. The lowest BCUT2D eigenvalue weighted by atomic mass is 9.79. The van der Waals surface area contributed by atoms with Crippen LogP contribution in [-0.4, -0.2) is 24.5 Å². The second kappa shape index (κ2) is 6.15. The zero-order valence-electron chi connectivity index (χ0n) is 11.6. The largest absolute Gasteiger partial charge is 0.329 e. The molecule has 2 rings (SSSR count). The molecule has 1 aromatic rings. The van der Waals surface area contributed by atoms with E-state index >= 15 is 0 Å². The summed E-state index contributed by atoms with van der Waals surface area (Å²) in [6.45, 7) is 0.441. The van der Waals surface area contributed by atoms with Gasteiger partial charge in [-0.25, -0.2) is 0 Å². The Morgan fingerprint density at radius 3 is 2.58 bits per heavy atom. The number of nitrogens with zero attached hydrogens (tertiary/aromatic N) is 2. The number of amides is 1. The zero-order chi connectivity index (χ0) is 13.7. The van der Waals surface area contributed by atoms with E-state index in [0.717, 1.165) is 31.4 Å². The Labute approximate surface area is 115 Å². The van der Waals surface area contributed by atoms with E-state index in [-0.39, 0.29) is 11.3 Å². The predicted octanol–water partition coefficient (Wildman–Crippen LogP) is 2.34. The van der Waals surface area contributed by atoms with Crippen LogP contribution in [0.15, 0.2) is 24.5 Å². The van der Waals surface area contributed by atoms with E-state index in [4.69, 9.17) is 5.73 Å². The molecular weight excluding hydrogens is 238 g/mol. The van der Waals surface area contributed by atoms with Gasteiger partial charge in [0.2, 0.25) is 5.91 Å². The molecular formula is C15H23N3O. The lowest BCUT2D eigenvalue weighted by Gasteiger charge is -2.34. The molecule has 0 spiro atoms. The predicted molar refractivity (Wildman–Crippen MR) is 76.8 cm³/mol. The molecule has 0 bridgehead atoms. The van der Waals surface area contributed by atoms with Crippen molar-refractivity contribution in [2.24, 2.45) is 11.1 Å². The standard InChI is InChI=1S/C15H23N3O/c1-18(13-7-6-10-17-11-13)14(19)15(12-16)8-4-2-3-5-9-15/h6-7,10-11H,2-5,8-9,12,16H2,1H3. The molecule has 1 aromatic heterocycles. The molecule has 19 heavy (non-hydrogen) atoms. The highest BCUT2D eigenvalue weighted by atomic mass is 16.2.